The Morgan fingerprint density at radius 2 is 1.55 bits per heavy atom. The van der Waals surface area contributed by atoms with Gasteiger partial charge in [-0.3, -0.25) is 14.4 Å². The Labute approximate surface area is 182 Å². The Balaban J connectivity index is 1.85. The minimum atomic E-state index is -0.511. The third-order valence-corrected chi connectivity index (χ3v) is 4.28. The van der Waals surface area contributed by atoms with Gasteiger partial charge in [0.1, 0.15) is 0 Å². The van der Waals surface area contributed by atoms with Gasteiger partial charge in [-0.15, -0.1) is 0 Å². The number of rotatable bonds is 9. The summed E-state index contributed by atoms with van der Waals surface area (Å²) in [6.07, 6.45) is 0. The molecule has 3 amide bonds. The normalized spacial score (nSPS) is 10.8. The fourth-order valence-corrected chi connectivity index (χ4v) is 2.49. The summed E-state index contributed by atoms with van der Waals surface area (Å²) in [7, 11) is 1.57. The van der Waals surface area contributed by atoms with Gasteiger partial charge < -0.3 is 26.0 Å². The lowest BCUT2D eigenvalue weighted by Gasteiger charge is -2.18. The van der Waals surface area contributed by atoms with E-state index in [-0.39, 0.29) is 24.3 Å². The molecule has 0 unspecified atom stereocenters. The van der Waals surface area contributed by atoms with Crippen LogP contribution >= 0.6 is 0 Å². The second kappa shape index (κ2) is 11.1. The SMILES string of the molecule is COCCNC(=O)c1ccc(NCC(=O)Nc2cccc(NC(=O)C(C)(C)C)c2)cc1. The van der Waals surface area contributed by atoms with E-state index in [1.54, 1.807) is 55.6 Å². The van der Waals surface area contributed by atoms with Crippen molar-refractivity contribution in [2.75, 3.05) is 42.8 Å². The van der Waals surface area contributed by atoms with Gasteiger partial charge in [-0.25, -0.2) is 0 Å². The molecule has 0 spiro atoms. The van der Waals surface area contributed by atoms with E-state index in [1.165, 1.54) is 0 Å². The number of amides is 3. The number of methoxy groups -OCH3 is 1. The summed E-state index contributed by atoms with van der Waals surface area (Å²) in [6, 6.07) is 13.8. The lowest BCUT2D eigenvalue weighted by molar-refractivity contribution is -0.123. The highest BCUT2D eigenvalue weighted by molar-refractivity contribution is 5.97. The Bertz CT molecular complexity index is 905. The van der Waals surface area contributed by atoms with Gasteiger partial charge in [0, 0.05) is 41.7 Å². The molecule has 0 aromatic heterocycles. The predicted molar refractivity (Wildman–Crippen MR) is 122 cm³/mol. The molecule has 0 aliphatic rings. The van der Waals surface area contributed by atoms with Crippen molar-refractivity contribution in [2.24, 2.45) is 5.41 Å². The lowest BCUT2D eigenvalue weighted by atomic mass is 9.95. The highest BCUT2D eigenvalue weighted by Crippen LogP contribution is 2.20. The first-order chi connectivity index (χ1) is 14.7. The van der Waals surface area contributed by atoms with E-state index in [9.17, 15) is 14.4 Å². The zero-order valence-electron chi connectivity index (χ0n) is 18.4. The lowest BCUT2D eigenvalue weighted by Crippen LogP contribution is -2.27. The third kappa shape index (κ3) is 8.10. The molecule has 8 heteroatoms. The van der Waals surface area contributed by atoms with Crippen LogP contribution in [0.15, 0.2) is 48.5 Å². The topological polar surface area (TPSA) is 109 Å². The number of carbonyl (C=O) groups excluding carboxylic acids is 3. The predicted octanol–water partition coefficient (Wildman–Crippen LogP) is 3.10. The first-order valence-corrected chi connectivity index (χ1v) is 10.0. The van der Waals surface area contributed by atoms with Crippen molar-refractivity contribution >= 4 is 34.8 Å². The van der Waals surface area contributed by atoms with Gasteiger partial charge in [0.05, 0.1) is 13.2 Å². The van der Waals surface area contributed by atoms with E-state index < -0.39 is 5.41 Å². The molecule has 0 bridgehead atoms. The van der Waals surface area contributed by atoms with Crippen LogP contribution < -0.4 is 21.3 Å². The molecular formula is C23H30N4O4. The van der Waals surface area contributed by atoms with Crippen LogP contribution in [0.25, 0.3) is 0 Å². The molecule has 166 valence electrons. The molecule has 0 heterocycles. The number of anilines is 3. The van der Waals surface area contributed by atoms with Crippen LogP contribution in [-0.4, -0.2) is 44.5 Å². The largest absolute Gasteiger partial charge is 0.383 e. The summed E-state index contributed by atoms with van der Waals surface area (Å²) in [6.45, 7) is 6.45. The smallest absolute Gasteiger partial charge is 0.251 e. The Hall–Kier alpha value is -3.39. The number of hydrogen-bond donors (Lipinski definition) is 4. The van der Waals surface area contributed by atoms with Gasteiger partial charge in [-0.2, -0.15) is 0 Å². The summed E-state index contributed by atoms with van der Waals surface area (Å²) in [4.78, 5) is 36.4. The molecule has 2 aromatic rings. The van der Waals surface area contributed by atoms with E-state index in [4.69, 9.17) is 4.74 Å². The minimum Gasteiger partial charge on any atom is -0.383 e. The second-order valence-corrected chi connectivity index (χ2v) is 8.01. The van der Waals surface area contributed by atoms with E-state index in [1.807, 2.05) is 20.8 Å². The molecule has 2 aromatic carbocycles. The number of carbonyl (C=O) groups is 3. The molecule has 0 aliphatic heterocycles. The van der Waals surface area contributed by atoms with E-state index in [0.717, 1.165) is 5.69 Å². The van der Waals surface area contributed by atoms with Crippen molar-refractivity contribution in [2.45, 2.75) is 20.8 Å². The molecule has 2 rings (SSSR count). The highest BCUT2D eigenvalue weighted by atomic mass is 16.5. The first-order valence-electron chi connectivity index (χ1n) is 10.0. The van der Waals surface area contributed by atoms with Crippen molar-refractivity contribution in [1.29, 1.82) is 0 Å². The zero-order chi connectivity index (χ0) is 22.9. The standard InChI is InChI=1S/C23H30N4O4/c1-23(2,3)22(30)27-19-7-5-6-18(14-19)26-20(28)15-25-17-10-8-16(9-11-17)21(29)24-12-13-31-4/h5-11,14,25H,12-13,15H2,1-4H3,(H,24,29)(H,26,28)(H,27,30). The zero-order valence-corrected chi connectivity index (χ0v) is 18.4. The average Bonchev–Trinajstić information content (AvgIpc) is 2.72. The van der Waals surface area contributed by atoms with Crippen LogP contribution in [0.2, 0.25) is 0 Å². The Morgan fingerprint density at radius 1 is 0.903 bits per heavy atom. The number of benzene rings is 2. The van der Waals surface area contributed by atoms with Crippen molar-refractivity contribution < 1.29 is 19.1 Å². The maximum atomic E-state index is 12.3. The first kappa shape index (κ1) is 23.9. The summed E-state index contributed by atoms with van der Waals surface area (Å²) in [5.41, 5.74) is 1.94. The summed E-state index contributed by atoms with van der Waals surface area (Å²) < 4.78 is 4.90. The summed E-state index contributed by atoms with van der Waals surface area (Å²) in [5, 5.41) is 11.4. The van der Waals surface area contributed by atoms with Gasteiger partial charge in [0.25, 0.3) is 5.91 Å². The van der Waals surface area contributed by atoms with Crippen LogP contribution in [0.5, 0.6) is 0 Å². The maximum absolute atomic E-state index is 12.3. The van der Waals surface area contributed by atoms with Crippen LogP contribution in [0.3, 0.4) is 0 Å². The van der Waals surface area contributed by atoms with Crippen molar-refractivity contribution in [3.05, 3.63) is 54.1 Å². The van der Waals surface area contributed by atoms with Crippen molar-refractivity contribution in [3.63, 3.8) is 0 Å². The van der Waals surface area contributed by atoms with E-state index in [0.29, 0.717) is 30.1 Å². The molecule has 0 saturated carbocycles. The van der Waals surface area contributed by atoms with Crippen LogP contribution in [-0.2, 0) is 14.3 Å². The number of hydrogen-bond acceptors (Lipinski definition) is 5. The molecular weight excluding hydrogens is 396 g/mol. The van der Waals surface area contributed by atoms with Crippen LogP contribution in [0.4, 0.5) is 17.1 Å². The quantitative estimate of drug-likeness (QED) is 0.461. The molecule has 0 atom stereocenters. The minimum absolute atomic E-state index is 0.0535. The fourth-order valence-electron chi connectivity index (χ4n) is 2.49. The van der Waals surface area contributed by atoms with Crippen LogP contribution in [0.1, 0.15) is 31.1 Å². The summed E-state index contributed by atoms with van der Waals surface area (Å²) in [5.74, 6) is -0.520. The van der Waals surface area contributed by atoms with Gasteiger partial charge in [0.15, 0.2) is 0 Å². The van der Waals surface area contributed by atoms with Crippen molar-refractivity contribution in [3.8, 4) is 0 Å². The maximum Gasteiger partial charge on any atom is 0.251 e. The molecule has 0 aliphatic carbocycles. The molecule has 0 saturated heterocycles. The Morgan fingerprint density at radius 3 is 2.16 bits per heavy atom. The molecule has 4 N–H and O–H groups in total. The van der Waals surface area contributed by atoms with Gasteiger partial charge >= 0.3 is 0 Å². The molecule has 8 nitrogen and oxygen atoms in total. The number of nitrogens with one attached hydrogen (secondary N) is 4. The van der Waals surface area contributed by atoms with Gasteiger partial charge in [-0.05, 0) is 42.5 Å². The van der Waals surface area contributed by atoms with Gasteiger partial charge in [-0.1, -0.05) is 26.8 Å². The second-order valence-electron chi connectivity index (χ2n) is 8.01. The average molecular weight is 427 g/mol. The van der Waals surface area contributed by atoms with E-state index in [2.05, 4.69) is 21.3 Å². The fraction of sp³-hybridized carbons (Fsp3) is 0.348. The Kier molecular flexibility index (Phi) is 8.57. The van der Waals surface area contributed by atoms with E-state index >= 15 is 0 Å². The molecule has 0 radical (unpaired) electrons. The molecule has 31 heavy (non-hydrogen) atoms. The summed E-state index contributed by atoms with van der Waals surface area (Å²) >= 11 is 0. The monoisotopic (exact) mass is 426 g/mol. The van der Waals surface area contributed by atoms with Crippen molar-refractivity contribution in [1.82, 2.24) is 5.32 Å². The highest BCUT2D eigenvalue weighted by Gasteiger charge is 2.21. The van der Waals surface area contributed by atoms with Gasteiger partial charge in [0.2, 0.25) is 11.8 Å². The number of ether oxygens (including phenoxy) is 1. The molecule has 0 fully saturated rings. The van der Waals surface area contributed by atoms with Crippen LogP contribution in [0, 0.1) is 5.41 Å². The third-order valence-electron chi connectivity index (χ3n) is 4.28.